The van der Waals surface area contributed by atoms with Crippen molar-refractivity contribution >= 4 is 34.6 Å². The van der Waals surface area contributed by atoms with Crippen molar-refractivity contribution in [3.05, 3.63) is 58.3 Å². The van der Waals surface area contributed by atoms with Gasteiger partial charge >= 0.3 is 0 Å². The third-order valence-electron chi connectivity index (χ3n) is 2.71. The molecule has 0 spiro atoms. The van der Waals surface area contributed by atoms with E-state index in [9.17, 15) is 4.79 Å². The highest BCUT2D eigenvalue weighted by Crippen LogP contribution is 2.23. The minimum Gasteiger partial charge on any atom is -0.352 e. The third kappa shape index (κ3) is 3.04. The molecule has 0 radical (unpaired) electrons. The van der Waals surface area contributed by atoms with Crippen LogP contribution in [-0.4, -0.2) is 20.9 Å². The molecule has 0 saturated heterocycles. The van der Waals surface area contributed by atoms with Crippen LogP contribution >= 0.6 is 23.6 Å². The van der Waals surface area contributed by atoms with E-state index < -0.39 is 0 Å². The van der Waals surface area contributed by atoms with Gasteiger partial charge in [-0.15, -0.1) is 11.3 Å². The van der Waals surface area contributed by atoms with E-state index in [0.717, 1.165) is 11.4 Å². The van der Waals surface area contributed by atoms with Crippen LogP contribution < -0.4 is 5.32 Å². The lowest BCUT2D eigenvalue weighted by Gasteiger charge is -2.01. The molecule has 0 fully saturated rings. The first-order chi connectivity index (χ1) is 10.2. The highest BCUT2D eigenvalue weighted by atomic mass is 32.1. The monoisotopic (exact) mass is 314 g/mol. The Balaban J connectivity index is 1.81. The molecule has 0 atom stereocenters. The van der Waals surface area contributed by atoms with Crippen molar-refractivity contribution in [2.24, 2.45) is 0 Å². The highest BCUT2D eigenvalue weighted by molar-refractivity contribution is 7.71. The maximum Gasteiger partial charge on any atom is 0.260 e. The van der Waals surface area contributed by atoms with E-state index in [1.54, 1.807) is 24.5 Å². The standard InChI is InChI=1S/C14H10N4OS2/c19-12(9-4-3-7-16-13(9)20)18-14-17-11(8-21-14)10-5-1-2-6-15-10/h1-8H,(H,16,20)(H,17,18,19). The summed E-state index contributed by atoms with van der Waals surface area (Å²) < 4.78 is 0.400. The molecular weight excluding hydrogens is 304 g/mol. The van der Waals surface area contributed by atoms with E-state index in [4.69, 9.17) is 12.2 Å². The van der Waals surface area contributed by atoms with Gasteiger partial charge < -0.3 is 4.98 Å². The molecule has 2 N–H and O–H groups in total. The number of anilines is 1. The van der Waals surface area contributed by atoms with Gasteiger partial charge in [0.05, 0.1) is 11.3 Å². The second kappa shape index (κ2) is 5.94. The Labute approximate surface area is 129 Å². The predicted octanol–water partition coefficient (Wildman–Crippen LogP) is 3.51. The number of aromatic amines is 1. The van der Waals surface area contributed by atoms with Crippen molar-refractivity contribution in [2.45, 2.75) is 0 Å². The zero-order chi connectivity index (χ0) is 14.7. The van der Waals surface area contributed by atoms with Crippen LogP contribution in [0.1, 0.15) is 10.4 Å². The summed E-state index contributed by atoms with van der Waals surface area (Å²) in [4.78, 5) is 23.5. The van der Waals surface area contributed by atoms with E-state index in [2.05, 4.69) is 20.3 Å². The van der Waals surface area contributed by atoms with Gasteiger partial charge in [0.1, 0.15) is 10.3 Å². The number of nitrogens with one attached hydrogen (secondary N) is 2. The molecule has 104 valence electrons. The number of carbonyl (C=O) groups excluding carboxylic acids is 1. The molecule has 0 aliphatic carbocycles. The topological polar surface area (TPSA) is 70.7 Å². The van der Waals surface area contributed by atoms with Crippen LogP contribution in [-0.2, 0) is 0 Å². The van der Waals surface area contributed by atoms with Gasteiger partial charge in [0, 0.05) is 17.8 Å². The quantitative estimate of drug-likeness (QED) is 0.726. The van der Waals surface area contributed by atoms with Crippen molar-refractivity contribution in [1.29, 1.82) is 0 Å². The van der Waals surface area contributed by atoms with E-state index >= 15 is 0 Å². The summed E-state index contributed by atoms with van der Waals surface area (Å²) in [5.41, 5.74) is 1.92. The van der Waals surface area contributed by atoms with E-state index in [1.165, 1.54) is 11.3 Å². The number of H-pyrrole nitrogens is 1. The van der Waals surface area contributed by atoms with Crippen molar-refractivity contribution in [3.8, 4) is 11.4 Å². The smallest absolute Gasteiger partial charge is 0.260 e. The third-order valence-corrected chi connectivity index (χ3v) is 3.81. The molecule has 0 saturated carbocycles. The first-order valence-corrected chi connectivity index (χ1v) is 7.39. The lowest BCUT2D eigenvalue weighted by Crippen LogP contribution is -2.12. The van der Waals surface area contributed by atoms with E-state index in [-0.39, 0.29) is 5.91 Å². The van der Waals surface area contributed by atoms with Crippen molar-refractivity contribution < 1.29 is 4.79 Å². The number of nitrogens with zero attached hydrogens (tertiary/aromatic N) is 2. The number of rotatable bonds is 3. The van der Waals surface area contributed by atoms with Crippen molar-refractivity contribution in [1.82, 2.24) is 15.0 Å². The number of hydrogen-bond donors (Lipinski definition) is 2. The summed E-state index contributed by atoms with van der Waals surface area (Å²) in [6.07, 6.45) is 3.39. The molecule has 7 heteroatoms. The minimum absolute atomic E-state index is 0.279. The molecule has 3 heterocycles. The first-order valence-electron chi connectivity index (χ1n) is 6.10. The summed E-state index contributed by atoms with van der Waals surface area (Å²) in [7, 11) is 0. The molecule has 0 aliphatic rings. The van der Waals surface area contributed by atoms with Gasteiger partial charge in [-0.1, -0.05) is 18.3 Å². The summed E-state index contributed by atoms with van der Waals surface area (Å²) >= 11 is 6.43. The Morgan fingerprint density at radius 2 is 2.14 bits per heavy atom. The molecule has 0 aromatic carbocycles. The van der Waals surface area contributed by atoms with Crippen LogP contribution in [0.3, 0.4) is 0 Å². The molecule has 0 aliphatic heterocycles. The molecule has 3 aromatic heterocycles. The SMILES string of the molecule is O=C(Nc1nc(-c2ccccn2)cs1)c1ccc[nH]c1=S. The second-order valence-corrected chi connectivity index (χ2v) is 5.39. The molecule has 3 rings (SSSR count). The zero-order valence-corrected chi connectivity index (χ0v) is 12.4. The number of thiazole rings is 1. The van der Waals surface area contributed by atoms with Gasteiger partial charge in [0.2, 0.25) is 0 Å². The molecule has 21 heavy (non-hydrogen) atoms. The summed E-state index contributed by atoms with van der Waals surface area (Å²) in [6.45, 7) is 0. The van der Waals surface area contributed by atoms with Gasteiger partial charge in [-0.3, -0.25) is 15.1 Å². The first kappa shape index (κ1) is 13.6. The molecule has 1 amide bonds. The Morgan fingerprint density at radius 3 is 2.90 bits per heavy atom. The largest absolute Gasteiger partial charge is 0.352 e. The number of hydrogen-bond acceptors (Lipinski definition) is 5. The average molecular weight is 314 g/mol. The van der Waals surface area contributed by atoms with E-state index in [0.29, 0.717) is 15.3 Å². The number of aromatic nitrogens is 3. The van der Waals surface area contributed by atoms with Gasteiger partial charge in [-0.05, 0) is 24.3 Å². The number of pyridine rings is 2. The molecular formula is C14H10N4OS2. The Morgan fingerprint density at radius 1 is 1.24 bits per heavy atom. The second-order valence-electron chi connectivity index (χ2n) is 4.12. The van der Waals surface area contributed by atoms with Crippen LogP contribution in [0, 0.1) is 4.64 Å². The van der Waals surface area contributed by atoms with Gasteiger partial charge in [-0.25, -0.2) is 4.98 Å². The molecule has 5 nitrogen and oxygen atoms in total. The normalized spacial score (nSPS) is 10.3. The minimum atomic E-state index is -0.279. The van der Waals surface area contributed by atoms with Gasteiger partial charge in [0.25, 0.3) is 5.91 Å². The lowest BCUT2D eigenvalue weighted by molar-refractivity contribution is 0.102. The van der Waals surface area contributed by atoms with Gasteiger partial charge in [-0.2, -0.15) is 0 Å². The zero-order valence-electron chi connectivity index (χ0n) is 10.7. The Kier molecular flexibility index (Phi) is 3.85. The van der Waals surface area contributed by atoms with Gasteiger partial charge in [0.15, 0.2) is 5.13 Å². The highest BCUT2D eigenvalue weighted by Gasteiger charge is 2.11. The Hall–Kier alpha value is -2.38. The maximum absolute atomic E-state index is 12.1. The average Bonchev–Trinajstić information content (AvgIpc) is 2.97. The molecule has 3 aromatic rings. The number of amides is 1. The predicted molar refractivity (Wildman–Crippen MR) is 84.9 cm³/mol. The summed E-state index contributed by atoms with van der Waals surface area (Å²) in [5, 5.41) is 5.11. The van der Waals surface area contributed by atoms with Crippen LogP contribution in [0.2, 0.25) is 0 Å². The molecule has 0 unspecified atom stereocenters. The summed E-state index contributed by atoms with van der Waals surface area (Å²) in [5.74, 6) is -0.279. The Bertz CT molecular complexity index is 826. The van der Waals surface area contributed by atoms with Crippen LogP contribution in [0.4, 0.5) is 5.13 Å². The van der Waals surface area contributed by atoms with Crippen LogP contribution in [0.5, 0.6) is 0 Å². The maximum atomic E-state index is 12.1. The van der Waals surface area contributed by atoms with Crippen LogP contribution in [0.15, 0.2) is 48.1 Å². The van der Waals surface area contributed by atoms with Crippen LogP contribution in [0.25, 0.3) is 11.4 Å². The van der Waals surface area contributed by atoms with Crippen molar-refractivity contribution in [2.75, 3.05) is 5.32 Å². The summed E-state index contributed by atoms with van der Waals surface area (Å²) in [6, 6.07) is 9.00. The fraction of sp³-hybridized carbons (Fsp3) is 0. The lowest BCUT2D eigenvalue weighted by atomic mass is 10.3. The van der Waals surface area contributed by atoms with Crippen molar-refractivity contribution in [3.63, 3.8) is 0 Å². The van der Waals surface area contributed by atoms with E-state index in [1.807, 2.05) is 23.6 Å². The fourth-order valence-electron chi connectivity index (χ4n) is 1.73. The number of carbonyl (C=O) groups is 1. The molecule has 0 bridgehead atoms. The fourth-order valence-corrected chi connectivity index (χ4v) is 2.66.